The lowest BCUT2D eigenvalue weighted by Crippen LogP contribution is -2.37. The van der Waals surface area contributed by atoms with Crippen LogP contribution in [0.25, 0.3) is 0 Å². The largest absolute Gasteiger partial charge is 0.444 e. The number of amides is 1. The van der Waals surface area contributed by atoms with E-state index in [1.807, 2.05) is 69.3 Å². The number of nitrogens with zero attached hydrogens (tertiary/aromatic N) is 1. The van der Waals surface area contributed by atoms with Gasteiger partial charge in [0.05, 0.1) is 0 Å². The van der Waals surface area contributed by atoms with Crippen molar-refractivity contribution in [1.82, 2.24) is 4.90 Å². The molecule has 0 saturated carbocycles. The molecular formula is C20H25NO2. The molecule has 0 aromatic heterocycles. The van der Waals surface area contributed by atoms with Gasteiger partial charge in [0.2, 0.25) is 0 Å². The summed E-state index contributed by atoms with van der Waals surface area (Å²) in [5.41, 5.74) is 1.83. The van der Waals surface area contributed by atoms with Crippen molar-refractivity contribution in [3.05, 3.63) is 71.8 Å². The molecule has 2 aromatic rings. The topological polar surface area (TPSA) is 29.5 Å². The minimum absolute atomic E-state index is 0.266. The Labute approximate surface area is 138 Å². The monoisotopic (exact) mass is 311 g/mol. The van der Waals surface area contributed by atoms with Gasteiger partial charge < -0.3 is 9.64 Å². The zero-order valence-electron chi connectivity index (χ0n) is 14.2. The molecule has 0 saturated heterocycles. The van der Waals surface area contributed by atoms with E-state index in [-0.39, 0.29) is 6.09 Å². The fourth-order valence-electron chi connectivity index (χ4n) is 2.27. The van der Waals surface area contributed by atoms with Gasteiger partial charge in [-0.05, 0) is 38.3 Å². The van der Waals surface area contributed by atoms with Crippen LogP contribution in [0.1, 0.15) is 31.9 Å². The Morgan fingerprint density at radius 1 is 0.913 bits per heavy atom. The van der Waals surface area contributed by atoms with Crippen molar-refractivity contribution in [3.8, 4) is 0 Å². The van der Waals surface area contributed by atoms with Crippen LogP contribution in [0, 0.1) is 0 Å². The van der Waals surface area contributed by atoms with Gasteiger partial charge in [-0.15, -0.1) is 0 Å². The molecule has 2 aromatic carbocycles. The van der Waals surface area contributed by atoms with Crippen LogP contribution >= 0.6 is 0 Å². The van der Waals surface area contributed by atoms with Crippen molar-refractivity contribution in [2.45, 2.75) is 39.3 Å². The highest BCUT2D eigenvalue weighted by Crippen LogP contribution is 2.13. The van der Waals surface area contributed by atoms with Gasteiger partial charge in [0.15, 0.2) is 0 Å². The van der Waals surface area contributed by atoms with E-state index in [1.165, 1.54) is 5.56 Å². The van der Waals surface area contributed by atoms with E-state index in [1.54, 1.807) is 4.90 Å². The van der Waals surface area contributed by atoms with Gasteiger partial charge in [-0.1, -0.05) is 60.7 Å². The predicted octanol–water partition coefficient (Wildman–Crippen LogP) is 4.67. The van der Waals surface area contributed by atoms with E-state index >= 15 is 0 Å². The SMILES string of the molecule is CC(C)(C)OC(=O)N(CCc1ccccc1)Cc1ccccc1. The van der Waals surface area contributed by atoms with Crippen LogP contribution in [-0.2, 0) is 17.7 Å². The zero-order chi connectivity index (χ0) is 16.7. The highest BCUT2D eigenvalue weighted by Gasteiger charge is 2.22. The smallest absolute Gasteiger partial charge is 0.410 e. The Hall–Kier alpha value is -2.29. The third-order valence-corrected chi connectivity index (χ3v) is 3.38. The summed E-state index contributed by atoms with van der Waals surface area (Å²) in [4.78, 5) is 14.3. The number of carbonyl (C=O) groups excluding carboxylic acids is 1. The maximum Gasteiger partial charge on any atom is 0.410 e. The van der Waals surface area contributed by atoms with Crippen molar-refractivity contribution in [3.63, 3.8) is 0 Å². The third kappa shape index (κ3) is 6.15. The first-order valence-corrected chi connectivity index (χ1v) is 8.00. The predicted molar refractivity (Wildman–Crippen MR) is 93.2 cm³/mol. The lowest BCUT2D eigenvalue weighted by Gasteiger charge is -2.27. The van der Waals surface area contributed by atoms with Gasteiger partial charge in [-0.25, -0.2) is 4.79 Å². The highest BCUT2D eigenvalue weighted by atomic mass is 16.6. The van der Waals surface area contributed by atoms with Gasteiger partial charge in [-0.3, -0.25) is 0 Å². The fourth-order valence-corrected chi connectivity index (χ4v) is 2.27. The van der Waals surface area contributed by atoms with E-state index in [4.69, 9.17) is 4.74 Å². The van der Waals surface area contributed by atoms with E-state index < -0.39 is 5.60 Å². The zero-order valence-corrected chi connectivity index (χ0v) is 14.2. The van der Waals surface area contributed by atoms with Crippen LogP contribution in [0.3, 0.4) is 0 Å². The highest BCUT2D eigenvalue weighted by molar-refractivity contribution is 5.68. The summed E-state index contributed by atoms with van der Waals surface area (Å²) < 4.78 is 5.55. The molecule has 0 spiro atoms. The Morgan fingerprint density at radius 3 is 1.96 bits per heavy atom. The summed E-state index contributed by atoms with van der Waals surface area (Å²) in [6.07, 6.45) is 0.546. The quantitative estimate of drug-likeness (QED) is 0.803. The second-order valence-corrected chi connectivity index (χ2v) is 6.62. The number of hydrogen-bond donors (Lipinski definition) is 0. The van der Waals surface area contributed by atoms with Crippen LogP contribution in [0.5, 0.6) is 0 Å². The Balaban J connectivity index is 2.05. The van der Waals surface area contributed by atoms with Gasteiger partial charge in [0.1, 0.15) is 5.60 Å². The van der Waals surface area contributed by atoms with Gasteiger partial charge in [0.25, 0.3) is 0 Å². The molecule has 0 fully saturated rings. The number of carbonyl (C=O) groups is 1. The van der Waals surface area contributed by atoms with E-state index in [0.29, 0.717) is 13.1 Å². The molecule has 0 radical (unpaired) electrons. The molecule has 0 aliphatic rings. The van der Waals surface area contributed by atoms with Crippen LogP contribution in [0.4, 0.5) is 4.79 Å². The molecule has 122 valence electrons. The molecule has 0 N–H and O–H groups in total. The van der Waals surface area contributed by atoms with Crippen LogP contribution < -0.4 is 0 Å². The first-order chi connectivity index (χ1) is 10.9. The molecule has 0 bridgehead atoms. The number of hydrogen-bond acceptors (Lipinski definition) is 2. The molecule has 0 aliphatic heterocycles. The molecule has 1 amide bonds. The molecular weight excluding hydrogens is 286 g/mol. The first kappa shape index (κ1) is 17.1. The molecule has 2 rings (SSSR count). The maximum atomic E-state index is 12.5. The molecule has 0 atom stereocenters. The molecule has 23 heavy (non-hydrogen) atoms. The van der Waals surface area contributed by atoms with E-state index in [0.717, 1.165) is 12.0 Å². The third-order valence-electron chi connectivity index (χ3n) is 3.38. The molecule has 3 nitrogen and oxygen atoms in total. The van der Waals surface area contributed by atoms with Crippen LogP contribution in [0.2, 0.25) is 0 Å². The molecule has 0 unspecified atom stereocenters. The lowest BCUT2D eigenvalue weighted by atomic mass is 10.1. The average molecular weight is 311 g/mol. The summed E-state index contributed by atoms with van der Waals surface area (Å²) in [5, 5.41) is 0. The van der Waals surface area contributed by atoms with Gasteiger partial charge in [-0.2, -0.15) is 0 Å². The van der Waals surface area contributed by atoms with Gasteiger partial charge >= 0.3 is 6.09 Å². The number of rotatable bonds is 5. The van der Waals surface area contributed by atoms with Gasteiger partial charge in [0, 0.05) is 13.1 Å². The maximum absolute atomic E-state index is 12.5. The summed E-state index contributed by atoms with van der Waals surface area (Å²) in [6.45, 7) is 6.87. The van der Waals surface area contributed by atoms with Crippen molar-refractivity contribution in [1.29, 1.82) is 0 Å². The van der Waals surface area contributed by atoms with Crippen molar-refractivity contribution < 1.29 is 9.53 Å². The standard InChI is InChI=1S/C20H25NO2/c1-20(2,3)23-19(22)21(16-18-12-8-5-9-13-18)15-14-17-10-6-4-7-11-17/h4-13H,14-16H2,1-3H3. The molecule has 0 aliphatic carbocycles. The van der Waals surface area contributed by atoms with Crippen LogP contribution in [-0.4, -0.2) is 23.1 Å². The Morgan fingerprint density at radius 2 is 1.43 bits per heavy atom. The normalized spacial score (nSPS) is 11.1. The van der Waals surface area contributed by atoms with Crippen molar-refractivity contribution in [2.24, 2.45) is 0 Å². The number of ether oxygens (including phenoxy) is 1. The lowest BCUT2D eigenvalue weighted by molar-refractivity contribution is 0.0236. The van der Waals surface area contributed by atoms with E-state index in [9.17, 15) is 4.79 Å². The second-order valence-electron chi connectivity index (χ2n) is 6.62. The second kappa shape index (κ2) is 7.82. The summed E-state index contributed by atoms with van der Waals surface area (Å²) in [6, 6.07) is 20.2. The summed E-state index contributed by atoms with van der Waals surface area (Å²) >= 11 is 0. The number of benzene rings is 2. The first-order valence-electron chi connectivity index (χ1n) is 8.00. The Kier molecular flexibility index (Phi) is 5.80. The van der Waals surface area contributed by atoms with Crippen molar-refractivity contribution >= 4 is 6.09 Å². The molecule has 0 heterocycles. The fraction of sp³-hybridized carbons (Fsp3) is 0.350. The van der Waals surface area contributed by atoms with E-state index in [2.05, 4.69) is 12.1 Å². The Bertz CT molecular complexity index is 603. The summed E-state index contributed by atoms with van der Waals surface area (Å²) in [7, 11) is 0. The van der Waals surface area contributed by atoms with Crippen LogP contribution in [0.15, 0.2) is 60.7 Å². The minimum Gasteiger partial charge on any atom is -0.444 e. The summed E-state index contributed by atoms with van der Waals surface area (Å²) in [5.74, 6) is 0. The molecule has 3 heteroatoms. The van der Waals surface area contributed by atoms with Crippen molar-refractivity contribution in [2.75, 3.05) is 6.54 Å². The average Bonchev–Trinajstić information content (AvgIpc) is 2.51. The minimum atomic E-state index is -0.487.